The van der Waals surface area contributed by atoms with Crippen LogP contribution in [0.2, 0.25) is 0 Å². The van der Waals surface area contributed by atoms with E-state index in [2.05, 4.69) is 28.1 Å². The number of aryl methyl sites for hydroxylation is 1. The predicted molar refractivity (Wildman–Crippen MR) is 176 cm³/mol. The van der Waals surface area contributed by atoms with Gasteiger partial charge < -0.3 is 14.4 Å². The van der Waals surface area contributed by atoms with Gasteiger partial charge in [0, 0.05) is 80.8 Å². The lowest BCUT2D eigenvalue weighted by atomic mass is 10.1. The van der Waals surface area contributed by atoms with Crippen LogP contribution in [0.1, 0.15) is 37.5 Å². The van der Waals surface area contributed by atoms with Crippen molar-refractivity contribution in [3.8, 4) is 11.4 Å². The number of ether oxygens (including phenoxy) is 2. The number of carbonyl (C=O) groups is 1. The van der Waals surface area contributed by atoms with Gasteiger partial charge in [-0.25, -0.2) is 18.4 Å². The normalized spacial score (nSPS) is 17.0. The zero-order valence-corrected chi connectivity index (χ0v) is 27.6. The average Bonchev–Trinajstić information content (AvgIpc) is 3.64. The molecule has 6 rings (SSSR count). The number of aromatic nitrogens is 4. The van der Waals surface area contributed by atoms with E-state index in [-0.39, 0.29) is 5.97 Å². The summed E-state index contributed by atoms with van der Waals surface area (Å²) in [6, 6.07) is 8.25. The van der Waals surface area contributed by atoms with Crippen molar-refractivity contribution in [3.63, 3.8) is 0 Å². The molecular formula is C31H41N7O5S2. The fourth-order valence-corrected chi connectivity index (χ4v) is 7.93. The van der Waals surface area contributed by atoms with Crippen LogP contribution in [0.25, 0.3) is 32.5 Å². The van der Waals surface area contributed by atoms with Gasteiger partial charge in [0.1, 0.15) is 0 Å². The van der Waals surface area contributed by atoms with E-state index in [1.807, 2.05) is 23.7 Å². The summed E-state index contributed by atoms with van der Waals surface area (Å²) in [5.74, 6) is 1.47. The molecule has 0 bridgehead atoms. The van der Waals surface area contributed by atoms with Crippen LogP contribution in [0.4, 0.5) is 5.82 Å². The second-order valence-corrected chi connectivity index (χ2v) is 14.7. The smallest absolute Gasteiger partial charge is 0.305 e. The van der Waals surface area contributed by atoms with E-state index < -0.39 is 10.0 Å². The highest BCUT2D eigenvalue weighted by Gasteiger charge is 2.25. The molecule has 2 aliphatic rings. The Balaban J connectivity index is 1.24. The maximum absolute atomic E-state index is 12.0. The molecule has 0 spiro atoms. The summed E-state index contributed by atoms with van der Waals surface area (Å²) in [6.45, 7) is 9.04. The number of rotatable bonds is 12. The van der Waals surface area contributed by atoms with Crippen molar-refractivity contribution in [1.29, 1.82) is 0 Å². The number of piperazine rings is 1. The SMILES string of the molecule is CCOC(=O)CCCCCn1cc2c(-c3nc(N4CCOCC4)c4sc(CN5CCN(S(C)(=O)=O)CC5)cc4n3)cccc2n1. The molecule has 4 aromatic rings. The van der Waals surface area contributed by atoms with Crippen molar-refractivity contribution in [2.75, 3.05) is 70.2 Å². The van der Waals surface area contributed by atoms with Gasteiger partial charge in [0.2, 0.25) is 10.0 Å². The maximum atomic E-state index is 12.0. The van der Waals surface area contributed by atoms with E-state index in [1.165, 1.54) is 11.1 Å². The van der Waals surface area contributed by atoms with Crippen LogP contribution >= 0.6 is 11.3 Å². The van der Waals surface area contributed by atoms with Crippen molar-refractivity contribution in [2.24, 2.45) is 0 Å². The lowest BCUT2D eigenvalue weighted by Crippen LogP contribution is -2.47. The number of unbranched alkanes of at least 4 members (excludes halogenated alkanes) is 2. The molecule has 2 saturated heterocycles. The Hall–Kier alpha value is -3.17. The Morgan fingerprint density at radius 2 is 1.82 bits per heavy atom. The topological polar surface area (TPSA) is 123 Å². The summed E-state index contributed by atoms with van der Waals surface area (Å²) in [5, 5.41) is 5.83. The molecule has 12 nitrogen and oxygen atoms in total. The summed E-state index contributed by atoms with van der Waals surface area (Å²) >= 11 is 1.72. The molecule has 0 saturated carbocycles. The third-order valence-electron chi connectivity index (χ3n) is 8.31. The number of benzene rings is 1. The Kier molecular flexibility index (Phi) is 9.95. The van der Waals surface area contributed by atoms with Crippen molar-refractivity contribution >= 4 is 54.3 Å². The van der Waals surface area contributed by atoms with E-state index in [0.29, 0.717) is 58.2 Å². The molecule has 0 unspecified atom stereocenters. The minimum Gasteiger partial charge on any atom is -0.466 e. The fourth-order valence-electron chi connectivity index (χ4n) is 5.95. The molecule has 1 aromatic carbocycles. The van der Waals surface area contributed by atoms with Crippen LogP contribution in [0.5, 0.6) is 0 Å². The monoisotopic (exact) mass is 655 g/mol. The number of carbonyl (C=O) groups excluding carboxylic acids is 1. The molecule has 2 fully saturated rings. The maximum Gasteiger partial charge on any atom is 0.305 e. The first-order chi connectivity index (χ1) is 21.8. The number of hydrogen-bond donors (Lipinski definition) is 0. The summed E-state index contributed by atoms with van der Waals surface area (Å²) < 4.78 is 39.2. The first-order valence-electron chi connectivity index (χ1n) is 15.7. The number of sulfonamides is 1. The lowest BCUT2D eigenvalue weighted by Gasteiger charge is -2.32. The van der Waals surface area contributed by atoms with Crippen molar-refractivity contribution in [2.45, 2.75) is 45.7 Å². The second-order valence-electron chi connectivity index (χ2n) is 11.6. The van der Waals surface area contributed by atoms with Gasteiger partial charge in [-0.05, 0) is 31.9 Å². The number of nitrogens with zero attached hydrogens (tertiary/aromatic N) is 7. The van der Waals surface area contributed by atoms with Gasteiger partial charge in [-0.3, -0.25) is 14.4 Å². The van der Waals surface area contributed by atoms with E-state index in [1.54, 1.807) is 15.6 Å². The van der Waals surface area contributed by atoms with Crippen molar-refractivity contribution in [3.05, 3.63) is 35.3 Å². The highest BCUT2D eigenvalue weighted by Crippen LogP contribution is 2.36. The Morgan fingerprint density at radius 3 is 2.58 bits per heavy atom. The van der Waals surface area contributed by atoms with Gasteiger partial charge in [0.25, 0.3) is 0 Å². The Morgan fingerprint density at radius 1 is 1.02 bits per heavy atom. The standard InChI is InChI=1S/C31H41N7O5S2/c1-3-43-28(39)10-5-4-6-11-37-22-25-24(8-7-9-26(25)34-37)30-32-27-20-23(21-35-12-14-38(15-13-35)45(2,40)41)44-29(27)31(33-30)36-16-18-42-19-17-36/h7-9,20,22H,3-6,10-19,21H2,1-2H3. The van der Waals surface area contributed by atoms with Gasteiger partial charge >= 0.3 is 5.97 Å². The van der Waals surface area contributed by atoms with Gasteiger partial charge in [-0.2, -0.15) is 9.40 Å². The molecular weight excluding hydrogens is 615 g/mol. The predicted octanol–water partition coefficient (Wildman–Crippen LogP) is 3.75. The number of fused-ring (bicyclic) bond motifs is 2. The molecule has 5 heterocycles. The molecule has 0 N–H and O–H groups in total. The first-order valence-corrected chi connectivity index (χ1v) is 18.4. The number of morpholine rings is 1. The minimum atomic E-state index is -3.16. The number of hydrogen-bond acceptors (Lipinski definition) is 11. The number of anilines is 1. The quantitative estimate of drug-likeness (QED) is 0.165. The van der Waals surface area contributed by atoms with Crippen LogP contribution in [0.3, 0.4) is 0 Å². The molecule has 14 heteroatoms. The Labute approximate surface area is 268 Å². The highest BCUT2D eigenvalue weighted by atomic mass is 32.2. The molecule has 2 aliphatic heterocycles. The van der Waals surface area contributed by atoms with Gasteiger partial charge in [0.15, 0.2) is 11.6 Å². The number of thiophene rings is 1. The summed E-state index contributed by atoms with van der Waals surface area (Å²) in [4.78, 5) is 27.7. The molecule has 45 heavy (non-hydrogen) atoms. The fraction of sp³-hybridized carbons (Fsp3) is 0.548. The molecule has 242 valence electrons. The molecule has 0 radical (unpaired) electrons. The third kappa shape index (κ3) is 7.63. The summed E-state index contributed by atoms with van der Waals surface area (Å²) in [5.41, 5.74) is 2.76. The summed E-state index contributed by atoms with van der Waals surface area (Å²) in [6.07, 6.45) is 6.47. The average molecular weight is 656 g/mol. The lowest BCUT2D eigenvalue weighted by molar-refractivity contribution is -0.143. The molecule has 0 amide bonds. The van der Waals surface area contributed by atoms with E-state index in [4.69, 9.17) is 24.5 Å². The van der Waals surface area contributed by atoms with E-state index >= 15 is 0 Å². The molecule has 0 aliphatic carbocycles. The van der Waals surface area contributed by atoms with Crippen molar-refractivity contribution < 1.29 is 22.7 Å². The van der Waals surface area contributed by atoms with E-state index in [0.717, 1.165) is 77.9 Å². The van der Waals surface area contributed by atoms with Gasteiger partial charge in [-0.15, -0.1) is 11.3 Å². The van der Waals surface area contributed by atoms with Gasteiger partial charge in [-0.1, -0.05) is 18.6 Å². The minimum absolute atomic E-state index is 0.134. The Bertz CT molecular complexity index is 1740. The van der Waals surface area contributed by atoms with Gasteiger partial charge in [0.05, 0.1) is 41.8 Å². The van der Waals surface area contributed by atoms with Crippen LogP contribution in [-0.4, -0.2) is 109 Å². The molecule has 3 aromatic heterocycles. The first kappa shape index (κ1) is 31.8. The molecule has 0 atom stereocenters. The van der Waals surface area contributed by atoms with Crippen LogP contribution < -0.4 is 4.90 Å². The number of esters is 1. The van der Waals surface area contributed by atoms with Crippen molar-refractivity contribution in [1.82, 2.24) is 29.0 Å². The van der Waals surface area contributed by atoms with Crippen LogP contribution in [0.15, 0.2) is 30.5 Å². The van der Waals surface area contributed by atoms with Crippen LogP contribution in [0, 0.1) is 0 Å². The largest absolute Gasteiger partial charge is 0.466 e. The van der Waals surface area contributed by atoms with E-state index in [9.17, 15) is 13.2 Å². The zero-order chi connectivity index (χ0) is 31.4. The second kappa shape index (κ2) is 14.1. The highest BCUT2D eigenvalue weighted by molar-refractivity contribution is 7.88. The third-order valence-corrected chi connectivity index (χ3v) is 10.7. The van der Waals surface area contributed by atoms with Crippen LogP contribution in [-0.2, 0) is 37.4 Å². The zero-order valence-electron chi connectivity index (χ0n) is 26.0. The summed E-state index contributed by atoms with van der Waals surface area (Å²) in [7, 11) is -3.16.